The first kappa shape index (κ1) is 24.2. The SMILES string of the molecule is CCN(CCCc1ccccc1)CCCc1ccccc1.O=C(O)c1ccccc1O. The molecule has 164 valence electrons. The molecule has 0 spiro atoms. The molecule has 0 radical (unpaired) electrons. The highest BCUT2D eigenvalue weighted by atomic mass is 16.4. The van der Waals surface area contributed by atoms with Crippen molar-refractivity contribution in [3.8, 4) is 5.75 Å². The molecule has 4 nitrogen and oxygen atoms in total. The fourth-order valence-corrected chi connectivity index (χ4v) is 3.39. The highest BCUT2D eigenvalue weighted by molar-refractivity contribution is 5.90. The number of carboxylic acid groups (broad SMARTS) is 1. The van der Waals surface area contributed by atoms with E-state index in [1.165, 1.54) is 62.0 Å². The number of hydrogen-bond acceptors (Lipinski definition) is 3. The van der Waals surface area contributed by atoms with E-state index >= 15 is 0 Å². The van der Waals surface area contributed by atoms with E-state index in [0.29, 0.717) is 0 Å². The molecule has 0 aliphatic heterocycles. The number of aromatic hydroxyl groups is 1. The van der Waals surface area contributed by atoms with E-state index in [0.717, 1.165) is 6.54 Å². The number of carboxylic acids is 1. The minimum absolute atomic E-state index is 0.0671. The zero-order valence-corrected chi connectivity index (χ0v) is 18.3. The van der Waals surface area contributed by atoms with Crippen molar-refractivity contribution in [1.29, 1.82) is 0 Å². The molecule has 0 saturated carbocycles. The molecule has 0 aromatic heterocycles. The quantitative estimate of drug-likeness (QED) is 0.445. The minimum Gasteiger partial charge on any atom is -0.507 e. The van der Waals surface area contributed by atoms with E-state index in [2.05, 4.69) is 72.5 Å². The molecular weight excluding hydrogens is 386 g/mol. The van der Waals surface area contributed by atoms with Crippen molar-refractivity contribution < 1.29 is 15.0 Å². The predicted octanol–water partition coefficient (Wildman–Crippen LogP) is 5.66. The third kappa shape index (κ3) is 9.49. The summed E-state index contributed by atoms with van der Waals surface area (Å²) in [6.07, 6.45) is 4.89. The van der Waals surface area contributed by atoms with Crippen LogP contribution in [0.25, 0.3) is 0 Å². The van der Waals surface area contributed by atoms with Crippen molar-refractivity contribution >= 4 is 5.97 Å². The Balaban J connectivity index is 0.000000285. The maximum absolute atomic E-state index is 10.3. The second kappa shape index (κ2) is 14.0. The summed E-state index contributed by atoms with van der Waals surface area (Å²) in [4.78, 5) is 12.8. The Labute approximate surface area is 185 Å². The van der Waals surface area contributed by atoms with Gasteiger partial charge in [0.05, 0.1) is 0 Å². The predicted molar refractivity (Wildman–Crippen MR) is 127 cm³/mol. The zero-order chi connectivity index (χ0) is 22.3. The van der Waals surface area contributed by atoms with E-state index in [4.69, 9.17) is 10.2 Å². The average molecular weight is 420 g/mol. The number of benzene rings is 3. The van der Waals surface area contributed by atoms with Crippen LogP contribution < -0.4 is 0 Å². The Kier molecular flexibility index (Phi) is 10.9. The summed E-state index contributed by atoms with van der Waals surface area (Å²) in [7, 11) is 0. The Hall–Kier alpha value is -3.11. The van der Waals surface area contributed by atoms with Crippen LogP contribution in [0.5, 0.6) is 5.75 Å². The van der Waals surface area contributed by atoms with Gasteiger partial charge in [-0.2, -0.15) is 0 Å². The first-order chi connectivity index (χ1) is 15.1. The van der Waals surface area contributed by atoms with Gasteiger partial charge in [-0.05, 0) is 68.6 Å². The molecule has 0 bridgehead atoms. The number of aromatic carboxylic acids is 1. The molecule has 3 aromatic rings. The molecule has 0 heterocycles. The van der Waals surface area contributed by atoms with Crippen LogP contribution in [-0.2, 0) is 12.8 Å². The lowest BCUT2D eigenvalue weighted by molar-refractivity contribution is 0.0693. The summed E-state index contributed by atoms with van der Waals surface area (Å²) in [5, 5.41) is 17.3. The molecule has 0 aliphatic carbocycles. The molecule has 2 N–H and O–H groups in total. The Morgan fingerprint density at radius 2 is 1.19 bits per heavy atom. The third-order valence-electron chi connectivity index (χ3n) is 5.15. The number of aryl methyl sites for hydroxylation is 2. The van der Waals surface area contributed by atoms with Crippen molar-refractivity contribution in [1.82, 2.24) is 4.90 Å². The summed E-state index contributed by atoms with van der Waals surface area (Å²) < 4.78 is 0. The second-order valence-electron chi connectivity index (χ2n) is 7.43. The molecule has 3 rings (SSSR count). The largest absolute Gasteiger partial charge is 0.507 e. The number of carbonyl (C=O) groups is 1. The van der Waals surface area contributed by atoms with Crippen LogP contribution >= 0.6 is 0 Å². The third-order valence-corrected chi connectivity index (χ3v) is 5.15. The van der Waals surface area contributed by atoms with Gasteiger partial charge in [-0.15, -0.1) is 0 Å². The standard InChI is InChI=1S/C20H27N.C7H6O3/c1-2-21(17-9-15-19-11-5-3-6-12-19)18-10-16-20-13-7-4-8-14-20;8-6-4-2-1-3-5(6)7(9)10/h3-8,11-14H,2,9-10,15-18H2,1H3;1-4,8H,(H,9,10). The van der Waals surface area contributed by atoms with Gasteiger partial charge >= 0.3 is 5.97 Å². The van der Waals surface area contributed by atoms with Gasteiger partial charge < -0.3 is 15.1 Å². The van der Waals surface area contributed by atoms with Gasteiger partial charge in [0, 0.05) is 0 Å². The lowest BCUT2D eigenvalue weighted by Crippen LogP contribution is -2.26. The first-order valence-corrected chi connectivity index (χ1v) is 10.9. The van der Waals surface area contributed by atoms with Crippen LogP contribution in [0.15, 0.2) is 84.9 Å². The van der Waals surface area contributed by atoms with Crippen LogP contribution in [0.1, 0.15) is 41.3 Å². The summed E-state index contributed by atoms with van der Waals surface area (Å²) >= 11 is 0. The van der Waals surface area contributed by atoms with Crippen LogP contribution in [-0.4, -0.2) is 40.7 Å². The van der Waals surface area contributed by atoms with Gasteiger partial charge in [-0.1, -0.05) is 79.7 Å². The van der Waals surface area contributed by atoms with Gasteiger partial charge in [0.15, 0.2) is 0 Å². The number of para-hydroxylation sites is 1. The normalized spacial score (nSPS) is 10.4. The van der Waals surface area contributed by atoms with Crippen LogP contribution in [0.3, 0.4) is 0 Å². The number of hydrogen-bond donors (Lipinski definition) is 2. The molecule has 0 atom stereocenters. The highest BCUT2D eigenvalue weighted by Gasteiger charge is 2.06. The van der Waals surface area contributed by atoms with E-state index in [1.807, 2.05) is 0 Å². The Morgan fingerprint density at radius 1 is 0.742 bits per heavy atom. The van der Waals surface area contributed by atoms with Gasteiger partial charge in [-0.3, -0.25) is 0 Å². The van der Waals surface area contributed by atoms with Crippen LogP contribution in [0, 0.1) is 0 Å². The molecule has 0 aliphatic rings. The highest BCUT2D eigenvalue weighted by Crippen LogP contribution is 2.14. The monoisotopic (exact) mass is 419 g/mol. The molecule has 0 amide bonds. The molecule has 3 aromatic carbocycles. The van der Waals surface area contributed by atoms with Crippen molar-refractivity contribution in [2.45, 2.75) is 32.6 Å². The number of phenols is 1. The fraction of sp³-hybridized carbons (Fsp3) is 0.296. The topological polar surface area (TPSA) is 60.8 Å². The van der Waals surface area contributed by atoms with E-state index in [1.54, 1.807) is 12.1 Å². The molecule has 4 heteroatoms. The zero-order valence-electron chi connectivity index (χ0n) is 18.3. The van der Waals surface area contributed by atoms with E-state index < -0.39 is 5.97 Å². The number of rotatable bonds is 10. The maximum atomic E-state index is 10.3. The van der Waals surface area contributed by atoms with E-state index in [9.17, 15) is 4.79 Å². The summed E-state index contributed by atoms with van der Waals surface area (Å²) in [6, 6.07) is 27.4. The molecule has 0 saturated heterocycles. The van der Waals surface area contributed by atoms with Crippen molar-refractivity contribution in [3.05, 3.63) is 102 Å². The van der Waals surface area contributed by atoms with Crippen molar-refractivity contribution in [2.24, 2.45) is 0 Å². The Morgan fingerprint density at radius 3 is 1.58 bits per heavy atom. The second-order valence-corrected chi connectivity index (χ2v) is 7.43. The molecule has 0 fully saturated rings. The lowest BCUT2D eigenvalue weighted by Gasteiger charge is -2.20. The van der Waals surface area contributed by atoms with Crippen LogP contribution in [0.4, 0.5) is 0 Å². The van der Waals surface area contributed by atoms with Gasteiger partial charge in [0.2, 0.25) is 0 Å². The lowest BCUT2D eigenvalue weighted by atomic mass is 10.1. The van der Waals surface area contributed by atoms with Crippen molar-refractivity contribution in [3.63, 3.8) is 0 Å². The Bertz CT molecular complexity index is 836. The van der Waals surface area contributed by atoms with Gasteiger partial charge in [0.25, 0.3) is 0 Å². The first-order valence-electron chi connectivity index (χ1n) is 10.9. The molecular formula is C27H33NO3. The molecule has 31 heavy (non-hydrogen) atoms. The summed E-state index contributed by atoms with van der Waals surface area (Å²) in [5.74, 6) is -1.31. The minimum atomic E-state index is -1.11. The van der Waals surface area contributed by atoms with Crippen LogP contribution in [0.2, 0.25) is 0 Å². The van der Waals surface area contributed by atoms with Crippen molar-refractivity contribution in [2.75, 3.05) is 19.6 Å². The molecule has 0 unspecified atom stereocenters. The summed E-state index contributed by atoms with van der Waals surface area (Å²) in [5.41, 5.74) is 2.85. The number of nitrogens with zero attached hydrogens (tertiary/aromatic N) is 1. The average Bonchev–Trinajstić information content (AvgIpc) is 2.80. The van der Waals surface area contributed by atoms with Gasteiger partial charge in [0.1, 0.15) is 11.3 Å². The maximum Gasteiger partial charge on any atom is 0.339 e. The fourth-order valence-electron chi connectivity index (χ4n) is 3.39. The van der Waals surface area contributed by atoms with E-state index in [-0.39, 0.29) is 11.3 Å². The van der Waals surface area contributed by atoms with Gasteiger partial charge in [-0.25, -0.2) is 4.79 Å². The smallest absolute Gasteiger partial charge is 0.339 e. The summed E-state index contributed by atoms with van der Waals surface area (Å²) in [6.45, 7) is 5.84.